The summed E-state index contributed by atoms with van der Waals surface area (Å²) in [5.41, 5.74) is 0. The molecule has 6 nitrogen and oxygen atoms in total. The maximum Gasteiger partial charge on any atom is 0.306 e. The van der Waals surface area contributed by atoms with Crippen LogP contribution in [0.5, 0.6) is 0 Å². The van der Waals surface area contributed by atoms with Crippen molar-refractivity contribution in [2.45, 2.75) is 284 Å². The average molecular weight is 1140 g/mol. The fraction of sp³-hybridized carbons (Fsp3) is 0.597. The second-order valence-electron chi connectivity index (χ2n) is 21.6. The van der Waals surface area contributed by atoms with Gasteiger partial charge in [0.15, 0.2) is 6.10 Å². The number of hydrogen-bond donors (Lipinski definition) is 0. The first-order valence-electron chi connectivity index (χ1n) is 33.6. The predicted molar refractivity (Wildman–Crippen MR) is 361 cm³/mol. The van der Waals surface area contributed by atoms with Crippen LogP contribution >= 0.6 is 0 Å². The fourth-order valence-electron chi connectivity index (χ4n) is 8.71. The van der Waals surface area contributed by atoms with E-state index in [0.29, 0.717) is 19.3 Å². The first kappa shape index (κ1) is 77.8. The van der Waals surface area contributed by atoms with Crippen LogP contribution in [0.2, 0.25) is 0 Å². The number of rotatable bonds is 59. The minimum Gasteiger partial charge on any atom is -0.462 e. The van der Waals surface area contributed by atoms with Gasteiger partial charge in [-0.05, 0) is 154 Å². The van der Waals surface area contributed by atoms with Gasteiger partial charge in [0.1, 0.15) is 13.2 Å². The summed E-state index contributed by atoms with van der Waals surface area (Å²) >= 11 is 0. The largest absolute Gasteiger partial charge is 0.462 e. The van der Waals surface area contributed by atoms with Crippen LogP contribution in [-0.4, -0.2) is 37.2 Å². The lowest BCUT2D eigenvalue weighted by molar-refractivity contribution is -0.167. The Morgan fingerprint density at radius 1 is 0.253 bits per heavy atom. The zero-order valence-electron chi connectivity index (χ0n) is 53.4. The Labute approximate surface area is 511 Å². The molecule has 0 N–H and O–H groups in total. The minimum atomic E-state index is -0.821. The third kappa shape index (κ3) is 67.4. The molecular formula is C77H122O6. The molecule has 0 aromatic rings. The summed E-state index contributed by atoms with van der Waals surface area (Å²) in [4.78, 5) is 38.4. The van der Waals surface area contributed by atoms with Crippen molar-refractivity contribution in [2.75, 3.05) is 13.2 Å². The predicted octanol–water partition coefficient (Wildman–Crippen LogP) is 23.4. The molecule has 1 unspecified atom stereocenters. The fourth-order valence-corrected chi connectivity index (χ4v) is 8.71. The molecule has 466 valence electrons. The Balaban J connectivity index is 4.46. The van der Waals surface area contributed by atoms with Gasteiger partial charge in [0, 0.05) is 19.3 Å². The lowest BCUT2D eigenvalue weighted by Crippen LogP contribution is -2.30. The highest BCUT2D eigenvalue weighted by molar-refractivity contribution is 5.71. The van der Waals surface area contributed by atoms with Crippen LogP contribution in [0.1, 0.15) is 278 Å². The van der Waals surface area contributed by atoms with E-state index in [0.717, 1.165) is 141 Å². The van der Waals surface area contributed by atoms with E-state index in [2.05, 4.69) is 191 Å². The molecule has 1 atom stereocenters. The summed E-state index contributed by atoms with van der Waals surface area (Å²) in [6, 6.07) is 0. The number of esters is 3. The number of allylic oxidation sites excluding steroid dienone is 28. The Morgan fingerprint density at radius 2 is 0.470 bits per heavy atom. The lowest BCUT2D eigenvalue weighted by atomic mass is 10.0. The number of carbonyl (C=O) groups is 3. The highest BCUT2D eigenvalue weighted by Crippen LogP contribution is 2.15. The average Bonchev–Trinajstić information content (AvgIpc) is 3.49. The lowest BCUT2D eigenvalue weighted by Gasteiger charge is -2.18. The van der Waals surface area contributed by atoms with E-state index >= 15 is 0 Å². The van der Waals surface area contributed by atoms with E-state index in [9.17, 15) is 14.4 Å². The normalized spacial score (nSPS) is 13.2. The molecule has 0 aliphatic rings. The summed E-state index contributed by atoms with van der Waals surface area (Å²) in [5, 5.41) is 0. The number of unbranched alkanes of at least 4 members (excludes halogenated alkanes) is 20. The van der Waals surface area contributed by atoms with Crippen molar-refractivity contribution in [1.82, 2.24) is 0 Å². The van der Waals surface area contributed by atoms with E-state index in [4.69, 9.17) is 14.2 Å². The van der Waals surface area contributed by atoms with Crippen LogP contribution in [0, 0.1) is 0 Å². The highest BCUT2D eigenvalue weighted by atomic mass is 16.6. The zero-order chi connectivity index (χ0) is 59.9. The first-order valence-corrected chi connectivity index (χ1v) is 33.6. The summed E-state index contributed by atoms with van der Waals surface area (Å²) in [6.07, 6.45) is 102. The molecule has 0 radical (unpaired) electrons. The number of hydrogen-bond acceptors (Lipinski definition) is 6. The molecule has 0 amide bonds. The molecule has 0 aromatic heterocycles. The zero-order valence-corrected chi connectivity index (χ0v) is 53.4. The molecule has 0 aliphatic heterocycles. The van der Waals surface area contributed by atoms with Crippen LogP contribution in [-0.2, 0) is 28.6 Å². The Hall–Kier alpha value is -5.23. The quantitative estimate of drug-likeness (QED) is 0.0261. The first-order chi connectivity index (χ1) is 41.0. The van der Waals surface area contributed by atoms with Gasteiger partial charge in [-0.25, -0.2) is 0 Å². The Morgan fingerprint density at radius 3 is 0.771 bits per heavy atom. The number of ether oxygens (including phenoxy) is 3. The van der Waals surface area contributed by atoms with E-state index in [1.54, 1.807) is 0 Å². The number of carbonyl (C=O) groups excluding carboxylic acids is 3. The van der Waals surface area contributed by atoms with Crippen molar-refractivity contribution in [3.05, 3.63) is 170 Å². The second kappa shape index (κ2) is 69.3. The van der Waals surface area contributed by atoms with Crippen molar-refractivity contribution in [3.63, 3.8) is 0 Å². The summed E-state index contributed by atoms with van der Waals surface area (Å²) < 4.78 is 16.9. The van der Waals surface area contributed by atoms with Crippen molar-refractivity contribution in [3.8, 4) is 0 Å². The minimum absolute atomic E-state index is 0.116. The molecule has 0 aromatic carbocycles. The molecule has 0 fully saturated rings. The van der Waals surface area contributed by atoms with Gasteiger partial charge in [-0.15, -0.1) is 0 Å². The molecule has 0 spiro atoms. The molecule has 6 heteroatoms. The Bertz CT molecular complexity index is 1890. The van der Waals surface area contributed by atoms with Crippen LogP contribution < -0.4 is 0 Å². The van der Waals surface area contributed by atoms with E-state index in [1.807, 2.05) is 0 Å². The van der Waals surface area contributed by atoms with E-state index in [-0.39, 0.29) is 37.5 Å². The SMILES string of the molecule is CC/C=C\C/C=C\C/C=C\C/C=C\C/C=C\C/C=C\C/C=C\C/C=C\CCCCC(=O)OCC(COC(=O)CCCCC/C=C\C/C=C\C/C=C\CC)OC(=O)CCCCCCCCCCCC/C=C\C/C=C\C/C=C\CCCCCCC. The van der Waals surface area contributed by atoms with Gasteiger partial charge in [-0.3, -0.25) is 14.4 Å². The summed E-state index contributed by atoms with van der Waals surface area (Å²) in [7, 11) is 0. The maximum absolute atomic E-state index is 12.9. The third-order valence-corrected chi connectivity index (χ3v) is 13.7. The van der Waals surface area contributed by atoms with Gasteiger partial charge >= 0.3 is 17.9 Å². The molecule has 0 rings (SSSR count). The van der Waals surface area contributed by atoms with Crippen LogP contribution in [0.25, 0.3) is 0 Å². The maximum atomic E-state index is 12.9. The van der Waals surface area contributed by atoms with Gasteiger partial charge < -0.3 is 14.2 Å². The van der Waals surface area contributed by atoms with E-state index in [1.165, 1.54) is 89.9 Å². The molecule has 0 bridgehead atoms. The smallest absolute Gasteiger partial charge is 0.306 e. The van der Waals surface area contributed by atoms with Crippen molar-refractivity contribution in [2.24, 2.45) is 0 Å². The molecule has 0 saturated carbocycles. The molecule has 0 heterocycles. The molecule has 0 aliphatic carbocycles. The van der Waals surface area contributed by atoms with E-state index < -0.39 is 6.10 Å². The van der Waals surface area contributed by atoms with Crippen LogP contribution in [0.3, 0.4) is 0 Å². The van der Waals surface area contributed by atoms with Crippen LogP contribution in [0.15, 0.2) is 170 Å². The summed E-state index contributed by atoms with van der Waals surface area (Å²) in [6.45, 7) is 6.33. The van der Waals surface area contributed by atoms with Gasteiger partial charge in [0.05, 0.1) is 0 Å². The van der Waals surface area contributed by atoms with Gasteiger partial charge in [0.25, 0.3) is 0 Å². The Kier molecular flexibility index (Phi) is 64.9. The topological polar surface area (TPSA) is 78.9 Å². The molecule has 83 heavy (non-hydrogen) atoms. The van der Waals surface area contributed by atoms with Crippen molar-refractivity contribution >= 4 is 17.9 Å². The summed E-state index contributed by atoms with van der Waals surface area (Å²) in [5.74, 6) is -0.995. The van der Waals surface area contributed by atoms with Crippen LogP contribution in [0.4, 0.5) is 0 Å². The second-order valence-corrected chi connectivity index (χ2v) is 21.6. The monoisotopic (exact) mass is 1140 g/mol. The third-order valence-electron chi connectivity index (χ3n) is 13.7. The molecule has 0 saturated heterocycles. The molecular weight excluding hydrogens is 1020 g/mol. The van der Waals surface area contributed by atoms with Gasteiger partial charge in [0.2, 0.25) is 0 Å². The standard InChI is InChI=1S/C77H122O6/c1-4-7-10-13-16-19-22-25-27-29-31-33-35-37-38-40-41-43-45-47-49-52-55-58-61-64-67-70-76(79)82-73-74(72-81-75(78)69-66-63-60-57-54-51-24-21-18-15-12-9-6-3)83-77(80)71-68-65-62-59-56-53-50-48-46-44-42-39-36-34-32-30-28-26-23-20-17-14-11-8-5-2/h7,9-10,12,16,18-19,21,23,25-27,30-33,36-39,41,43,47,49,51,54-55,58,74H,4-6,8,11,13-15,17,20,22,24,28-29,34-35,40,42,44-46,48,50,52-53,56-57,59-73H2,1-3H3/b10-7-,12-9-,19-16-,21-18-,26-23-,27-25-,32-30-,33-31-,38-37-,39-36-,43-41-,49-47-,54-51-,58-55-. The van der Waals surface area contributed by atoms with Gasteiger partial charge in [-0.1, -0.05) is 274 Å². The van der Waals surface area contributed by atoms with Crippen molar-refractivity contribution < 1.29 is 28.6 Å². The van der Waals surface area contributed by atoms with Gasteiger partial charge in [-0.2, -0.15) is 0 Å². The van der Waals surface area contributed by atoms with Crippen molar-refractivity contribution in [1.29, 1.82) is 0 Å². The highest BCUT2D eigenvalue weighted by Gasteiger charge is 2.19.